The predicted octanol–water partition coefficient (Wildman–Crippen LogP) is 2.43. The lowest BCUT2D eigenvalue weighted by Gasteiger charge is -2.12. The quantitative estimate of drug-likeness (QED) is 0.838. The molecule has 0 aliphatic heterocycles. The van der Waals surface area contributed by atoms with Gasteiger partial charge >= 0.3 is 0 Å². The lowest BCUT2D eigenvalue weighted by Crippen LogP contribution is -2.32. The Balaban J connectivity index is 2.66. The summed E-state index contributed by atoms with van der Waals surface area (Å²) in [6, 6.07) is 5.76. The van der Waals surface area contributed by atoms with Crippen molar-refractivity contribution in [2.24, 2.45) is 5.73 Å². The maximum absolute atomic E-state index is 6.00. The highest BCUT2D eigenvalue weighted by Gasteiger charge is 2.06. The van der Waals surface area contributed by atoms with Gasteiger partial charge in [-0.25, -0.2) is 0 Å². The number of benzene rings is 1. The zero-order chi connectivity index (χ0) is 10.6. The van der Waals surface area contributed by atoms with E-state index in [1.807, 2.05) is 25.1 Å². The molecular formula is C10H14Cl2N2. The van der Waals surface area contributed by atoms with Gasteiger partial charge in [0.25, 0.3) is 0 Å². The Morgan fingerprint density at radius 3 is 2.43 bits per heavy atom. The zero-order valence-corrected chi connectivity index (χ0v) is 9.57. The Morgan fingerprint density at radius 2 is 1.93 bits per heavy atom. The third kappa shape index (κ3) is 3.14. The molecule has 0 fully saturated rings. The van der Waals surface area contributed by atoms with E-state index in [0.29, 0.717) is 23.1 Å². The summed E-state index contributed by atoms with van der Waals surface area (Å²) in [5.74, 6) is 0. The topological polar surface area (TPSA) is 38.0 Å². The van der Waals surface area contributed by atoms with Crippen LogP contribution in [-0.2, 0) is 6.54 Å². The third-order valence-corrected chi connectivity index (χ3v) is 2.75. The minimum absolute atomic E-state index is 0.266. The molecule has 3 N–H and O–H groups in total. The van der Waals surface area contributed by atoms with Gasteiger partial charge in [0.1, 0.15) is 0 Å². The minimum atomic E-state index is 0.266. The molecule has 4 heteroatoms. The molecule has 0 aliphatic carbocycles. The van der Waals surface area contributed by atoms with Gasteiger partial charge < -0.3 is 11.1 Å². The van der Waals surface area contributed by atoms with E-state index in [2.05, 4.69) is 5.32 Å². The summed E-state index contributed by atoms with van der Waals surface area (Å²) in [6.07, 6.45) is 0. The van der Waals surface area contributed by atoms with E-state index >= 15 is 0 Å². The van der Waals surface area contributed by atoms with Crippen molar-refractivity contribution in [3.63, 3.8) is 0 Å². The molecular weight excluding hydrogens is 219 g/mol. The summed E-state index contributed by atoms with van der Waals surface area (Å²) in [5.41, 5.74) is 6.41. The SMILES string of the molecule is CC(CN)NCc1c(Cl)cccc1Cl. The molecule has 1 aromatic rings. The molecule has 1 aromatic carbocycles. The Labute approximate surface area is 94.4 Å². The van der Waals surface area contributed by atoms with Gasteiger partial charge in [0.15, 0.2) is 0 Å². The summed E-state index contributed by atoms with van der Waals surface area (Å²) in [4.78, 5) is 0. The van der Waals surface area contributed by atoms with Crippen molar-refractivity contribution in [3.8, 4) is 0 Å². The largest absolute Gasteiger partial charge is 0.329 e. The van der Waals surface area contributed by atoms with Crippen molar-refractivity contribution in [2.75, 3.05) is 6.54 Å². The van der Waals surface area contributed by atoms with Crippen molar-refractivity contribution < 1.29 is 0 Å². The summed E-state index contributed by atoms with van der Waals surface area (Å²) in [6.45, 7) is 3.27. The van der Waals surface area contributed by atoms with Crippen LogP contribution in [0.3, 0.4) is 0 Å². The van der Waals surface area contributed by atoms with Gasteiger partial charge in [0.05, 0.1) is 0 Å². The van der Waals surface area contributed by atoms with Crippen LogP contribution in [-0.4, -0.2) is 12.6 Å². The fraction of sp³-hybridized carbons (Fsp3) is 0.400. The van der Waals surface area contributed by atoms with Gasteiger partial charge in [-0.15, -0.1) is 0 Å². The van der Waals surface area contributed by atoms with Gasteiger partial charge in [0, 0.05) is 34.7 Å². The molecule has 0 bridgehead atoms. The molecule has 0 amide bonds. The van der Waals surface area contributed by atoms with Gasteiger partial charge in [-0.2, -0.15) is 0 Å². The zero-order valence-electron chi connectivity index (χ0n) is 8.06. The van der Waals surface area contributed by atoms with Gasteiger partial charge in [-0.3, -0.25) is 0 Å². The van der Waals surface area contributed by atoms with Crippen LogP contribution in [0.4, 0.5) is 0 Å². The monoisotopic (exact) mass is 232 g/mol. The number of hydrogen-bond acceptors (Lipinski definition) is 2. The fourth-order valence-electron chi connectivity index (χ4n) is 1.06. The second-order valence-corrected chi connectivity index (χ2v) is 4.03. The van der Waals surface area contributed by atoms with Crippen molar-refractivity contribution in [3.05, 3.63) is 33.8 Å². The number of rotatable bonds is 4. The van der Waals surface area contributed by atoms with Crippen LogP contribution in [0.15, 0.2) is 18.2 Å². The molecule has 0 radical (unpaired) electrons. The Bertz CT molecular complexity index is 282. The van der Waals surface area contributed by atoms with E-state index in [9.17, 15) is 0 Å². The Kier molecular flexibility index (Phi) is 4.69. The van der Waals surface area contributed by atoms with Crippen LogP contribution >= 0.6 is 23.2 Å². The first-order valence-corrected chi connectivity index (χ1v) is 5.27. The highest BCUT2D eigenvalue weighted by atomic mass is 35.5. The molecule has 1 rings (SSSR count). The van der Waals surface area contributed by atoms with Crippen LogP contribution in [0.25, 0.3) is 0 Å². The van der Waals surface area contributed by atoms with Gasteiger partial charge in [0.2, 0.25) is 0 Å². The van der Waals surface area contributed by atoms with Crippen molar-refractivity contribution in [1.82, 2.24) is 5.32 Å². The van der Waals surface area contributed by atoms with E-state index < -0.39 is 0 Å². The summed E-state index contributed by atoms with van der Waals surface area (Å²) < 4.78 is 0. The first-order valence-electron chi connectivity index (χ1n) is 4.51. The van der Waals surface area contributed by atoms with E-state index in [1.54, 1.807) is 0 Å². The van der Waals surface area contributed by atoms with Crippen LogP contribution in [0.2, 0.25) is 10.0 Å². The van der Waals surface area contributed by atoms with Crippen LogP contribution in [0.5, 0.6) is 0 Å². The van der Waals surface area contributed by atoms with E-state index in [0.717, 1.165) is 5.56 Å². The van der Waals surface area contributed by atoms with E-state index in [-0.39, 0.29) is 6.04 Å². The van der Waals surface area contributed by atoms with E-state index in [4.69, 9.17) is 28.9 Å². The molecule has 1 atom stereocenters. The number of nitrogens with two attached hydrogens (primary N) is 1. The van der Waals surface area contributed by atoms with Gasteiger partial charge in [-0.05, 0) is 19.1 Å². The first kappa shape index (κ1) is 11.8. The Hall–Kier alpha value is -0.280. The summed E-state index contributed by atoms with van der Waals surface area (Å²) in [7, 11) is 0. The normalized spacial score (nSPS) is 12.9. The predicted molar refractivity (Wildman–Crippen MR) is 61.8 cm³/mol. The average molecular weight is 233 g/mol. The van der Waals surface area contributed by atoms with Crippen molar-refractivity contribution in [1.29, 1.82) is 0 Å². The van der Waals surface area contributed by atoms with E-state index in [1.165, 1.54) is 0 Å². The first-order chi connectivity index (χ1) is 6.65. The van der Waals surface area contributed by atoms with Crippen LogP contribution in [0, 0.1) is 0 Å². The number of nitrogens with one attached hydrogen (secondary N) is 1. The summed E-state index contributed by atoms with van der Waals surface area (Å²) in [5, 5.41) is 4.61. The number of hydrogen-bond donors (Lipinski definition) is 2. The fourth-order valence-corrected chi connectivity index (χ4v) is 1.59. The highest BCUT2D eigenvalue weighted by molar-refractivity contribution is 6.35. The smallest absolute Gasteiger partial charge is 0.0465 e. The second-order valence-electron chi connectivity index (χ2n) is 3.22. The van der Waals surface area contributed by atoms with Crippen LogP contribution in [0.1, 0.15) is 12.5 Å². The standard InChI is InChI=1S/C10H14Cl2N2/c1-7(5-13)14-6-8-9(11)3-2-4-10(8)12/h2-4,7,14H,5-6,13H2,1H3. The van der Waals surface area contributed by atoms with Gasteiger partial charge in [-0.1, -0.05) is 29.3 Å². The molecule has 0 aliphatic rings. The molecule has 0 heterocycles. The lowest BCUT2D eigenvalue weighted by molar-refractivity contribution is 0.556. The molecule has 14 heavy (non-hydrogen) atoms. The molecule has 2 nitrogen and oxygen atoms in total. The molecule has 0 saturated heterocycles. The third-order valence-electron chi connectivity index (χ3n) is 2.04. The molecule has 0 spiro atoms. The van der Waals surface area contributed by atoms with Crippen molar-refractivity contribution in [2.45, 2.75) is 19.5 Å². The van der Waals surface area contributed by atoms with Crippen LogP contribution < -0.4 is 11.1 Å². The maximum Gasteiger partial charge on any atom is 0.0465 e. The van der Waals surface area contributed by atoms with Crippen molar-refractivity contribution >= 4 is 23.2 Å². The molecule has 78 valence electrons. The molecule has 0 saturated carbocycles. The highest BCUT2D eigenvalue weighted by Crippen LogP contribution is 2.23. The molecule has 0 aromatic heterocycles. The number of halogens is 2. The summed E-state index contributed by atoms with van der Waals surface area (Å²) >= 11 is 12.0. The molecule has 1 unspecified atom stereocenters. The lowest BCUT2D eigenvalue weighted by atomic mass is 10.2. The minimum Gasteiger partial charge on any atom is -0.329 e. The maximum atomic E-state index is 6.00. The average Bonchev–Trinajstić information content (AvgIpc) is 2.16. The second kappa shape index (κ2) is 5.56. The Morgan fingerprint density at radius 1 is 1.36 bits per heavy atom.